The molecule has 0 saturated carbocycles. The zero-order valence-corrected chi connectivity index (χ0v) is 11.0. The Morgan fingerprint density at radius 2 is 2.17 bits per heavy atom. The van der Waals surface area contributed by atoms with Gasteiger partial charge in [-0.1, -0.05) is 24.3 Å². The zero-order valence-electron chi connectivity index (χ0n) is 11.0. The average Bonchev–Trinajstić information content (AvgIpc) is 2.40. The number of hydrogen-bond donors (Lipinski definition) is 0. The molecule has 0 aliphatic carbocycles. The van der Waals surface area contributed by atoms with Crippen LogP contribution < -0.4 is 0 Å². The van der Waals surface area contributed by atoms with Crippen molar-refractivity contribution in [3.05, 3.63) is 41.5 Å². The Kier molecular flexibility index (Phi) is 4.15. The predicted octanol–water partition coefficient (Wildman–Crippen LogP) is 2.58. The molecule has 0 atom stereocenters. The smallest absolute Gasteiger partial charge is 0.338 e. The van der Waals surface area contributed by atoms with Crippen LogP contribution in [-0.4, -0.2) is 37.6 Å². The molecule has 1 aliphatic heterocycles. The Morgan fingerprint density at radius 1 is 1.39 bits per heavy atom. The van der Waals surface area contributed by atoms with Crippen LogP contribution in [0.25, 0.3) is 5.57 Å². The van der Waals surface area contributed by atoms with Crippen LogP contribution >= 0.6 is 0 Å². The summed E-state index contributed by atoms with van der Waals surface area (Å²) in [6.45, 7) is 4.21. The van der Waals surface area contributed by atoms with E-state index in [0.29, 0.717) is 12.2 Å². The average molecular weight is 245 g/mol. The van der Waals surface area contributed by atoms with Crippen LogP contribution in [0.4, 0.5) is 0 Å². The summed E-state index contributed by atoms with van der Waals surface area (Å²) in [4.78, 5) is 14.2. The normalized spacial score (nSPS) is 16.2. The van der Waals surface area contributed by atoms with Gasteiger partial charge in [0, 0.05) is 13.1 Å². The summed E-state index contributed by atoms with van der Waals surface area (Å²) >= 11 is 0. The summed E-state index contributed by atoms with van der Waals surface area (Å²) in [5.74, 6) is -0.229. The zero-order chi connectivity index (χ0) is 13.0. The molecule has 0 spiro atoms. The van der Waals surface area contributed by atoms with Gasteiger partial charge >= 0.3 is 5.97 Å². The summed E-state index contributed by atoms with van der Waals surface area (Å²) in [5, 5.41) is 0. The van der Waals surface area contributed by atoms with Gasteiger partial charge in [-0.2, -0.15) is 0 Å². The second-order valence-corrected chi connectivity index (χ2v) is 4.51. The first kappa shape index (κ1) is 12.8. The molecular weight excluding hydrogens is 226 g/mol. The summed E-state index contributed by atoms with van der Waals surface area (Å²) in [6.07, 6.45) is 3.18. The Morgan fingerprint density at radius 3 is 2.83 bits per heavy atom. The van der Waals surface area contributed by atoms with E-state index in [1.54, 1.807) is 0 Å². The standard InChI is InChI=1S/C15H19NO2/c1-3-18-15(17)14-7-5-4-6-13(14)12-8-10-16(2)11-9-12/h4-8H,3,9-11H2,1-2H3. The molecule has 3 heteroatoms. The Balaban J connectivity index is 2.30. The highest BCUT2D eigenvalue weighted by molar-refractivity contribution is 5.95. The van der Waals surface area contributed by atoms with Crippen molar-refractivity contribution in [2.45, 2.75) is 13.3 Å². The third-order valence-corrected chi connectivity index (χ3v) is 3.18. The van der Waals surface area contributed by atoms with Crippen molar-refractivity contribution in [2.75, 3.05) is 26.7 Å². The molecule has 0 radical (unpaired) electrons. The minimum absolute atomic E-state index is 0.229. The molecule has 0 saturated heterocycles. The van der Waals surface area contributed by atoms with Gasteiger partial charge in [0.05, 0.1) is 12.2 Å². The SMILES string of the molecule is CCOC(=O)c1ccccc1C1=CCN(C)CC1. The van der Waals surface area contributed by atoms with E-state index >= 15 is 0 Å². The lowest BCUT2D eigenvalue weighted by atomic mass is 9.95. The van der Waals surface area contributed by atoms with Gasteiger partial charge in [-0.3, -0.25) is 0 Å². The lowest BCUT2D eigenvalue weighted by Gasteiger charge is -2.23. The van der Waals surface area contributed by atoms with Crippen LogP contribution in [0.2, 0.25) is 0 Å². The third-order valence-electron chi connectivity index (χ3n) is 3.18. The van der Waals surface area contributed by atoms with E-state index in [0.717, 1.165) is 25.1 Å². The molecule has 2 rings (SSSR count). The first-order chi connectivity index (χ1) is 8.72. The number of esters is 1. The van der Waals surface area contributed by atoms with Crippen LogP contribution in [-0.2, 0) is 4.74 Å². The highest BCUT2D eigenvalue weighted by atomic mass is 16.5. The van der Waals surface area contributed by atoms with E-state index in [1.807, 2.05) is 31.2 Å². The van der Waals surface area contributed by atoms with E-state index in [1.165, 1.54) is 5.57 Å². The van der Waals surface area contributed by atoms with Crippen molar-refractivity contribution in [1.29, 1.82) is 0 Å². The minimum atomic E-state index is -0.229. The fourth-order valence-electron chi connectivity index (χ4n) is 2.17. The summed E-state index contributed by atoms with van der Waals surface area (Å²) in [7, 11) is 2.10. The van der Waals surface area contributed by atoms with Crippen LogP contribution in [0.5, 0.6) is 0 Å². The largest absolute Gasteiger partial charge is 0.462 e. The van der Waals surface area contributed by atoms with Gasteiger partial charge in [0.15, 0.2) is 0 Å². The topological polar surface area (TPSA) is 29.5 Å². The number of ether oxygens (including phenoxy) is 1. The van der Waals surface area contributed by atoms with Crippen molar-refractivity contribution in [3.8, 4) is 0 Å². The van der Waals surface area contributed by atoms with Gasteiger partial charge in [0.25, 0.3) is 0 Å². The molecule has 18 heavy (non-hydrogen) atoms. The highest BCUT2D eigenvalue weighted by Gasteiger charge is 2.17. The second-order valence-electron chi connectivity index (χ2n) is 4.51. The van der Waals surface area contributed by atoms with Gasteiger partial charge in [-0.15, -0.1) is 0 Å². The molecule has 0 bridgehead atoms. The van der Waals surface area contributed by atoms with Gasteiger partial charge in [-0.05, 0) is 37.6 Å². The maximum Gasteiger partial charge on any atom is 0.338 e. The fraction of sp³-hybridized carbons (Fsp3) is 0.400. The molecule has 0 N–H and O–H groups in total. The number of carbonyl (C=O) groups is 1. The molecule has 3 nitrogen and oxygen atoms in total. The molecule has 1 aromatic rings. The van der Waals surface area contributed by atoms with Gasteiger partial charge < -0.3 is 9.64 Å². The van der Waals surface area contributed by atoms with Crippen molar-refractivity contribution < 1.29 is 9.53 Å². The lowest BCUT2D eigenvalue weighted by molar-refractivity contribution is 0.0526. The first-order valence-electron chi connectivity index (χ1n) is 6.36. The van der Waals surface area contributed by atoms with Crippen molar-refractivity contribution in [3.63, 3.8) is 0 Å². The number of carbonyl (C=O) groups excluding carboxylic acids is 1. The van der Waals surface area contributed by atoms with Crippen molar-refractivity contribution in [2.24, 2.45) is 0 Å². The van der Waals surface area contributed by atoms with Gasteiger partial charge in [0.2, 0.25) is 0 Å². The molecule has 0 amide bonds. The summed E-state index contributed by atoms with van der Waals surface area (Å²) in [5.41, 5.74) is 2.94. The number of hydrogen-bond acceptors (Lipinski definition) is 3. The number of nitrogens with zero attached hydrogens (tertiary/aromatic N) is 1. The Bertz CT molecular complexity index is 465. The maximum absolute atomic E-state index is 11.9. The Hall–Kier alpha value is -1.61. The lowest BCUT2D eigenvalue weighted by Crippen LogP contribution is -2.24. The third kappa shape index (κ3) is 2.79. The second kappa shape index (κ2) is 5.83. The minimum Gasteiger partial charge on any atom is -0.462 e. The van der Waals surface area contributed by atoms with Crippen LogP contribution in [0.15, 0.2) is 30.3 Å². The van der Waals surface area contributed by atoms with E-state index < -0.39 is 0 Å². The maximum atomic E-state index is 11.9. The molecule has 1 aliphatic rings. The summed E-state index contributed by atoms with van der Waals surface area (Å²) in [6, 6.07) is 7.69. The predicted molar refractivity (Wildman–Crippen MR) is 72.5 cm³/mol. The molecular formula is C15H19NO2. The van der Waals surface area contributed by atoms with Gasteiger partial charge in [0.1, 0.15) is 0 Å². The van der Waals surface area contributed by atoms with Gasteiger partial charge in [-0.25, -0.2) is 4.79 Å². The first-order valence-corrected chi connectivity index (χ1v) is 6.36. The Labute approximate surface area is 108 Å². The van der Waals surface area contributed by atoms with Crippen LogP contribution in [0.3, 0.4) is 0 Å². The molecule has 96 valence electrons. The summed E-state index contributed by atoms with van der Waals surface area (Å²) < 4.78 is 5.10. The van der Waals surface area contributed by atoms with E-state index in [4.69, 9.17) is 4.74 Å². The van der Waals surface area contributed by atoms with E-state index in [2.05, 4.69) is 18.0 Å². The molecule has 0 fully saturated rings. The number of likely N-dealkylation sites (N-methyl/N-ethyl adjacent to an activating group) is 1. The number of benzene rings is 1. The monoisotopic (exact) mass is 245 g/mol. The number of rotatable bonds is 3. The fourth-order valence-corrected chi connectivity index (χ4v) is 2.17. The molecule has 0 aromatic heterocycles. The van der Waals surface area contributed by atoms with E-state index in [-0.39, 0.29) is 5.97 Å². The van der Waals surface area contributed by atoms with E-state index in [9.17, 15) is 4.79 Å². The molecule has 1 heterocycles. The van der Waals surface area contributed by atoms with Crippen LogP contribution in [0.1, 0.15) is 29.3 Å². The molecule has 0 unspecified atom stereocenters. The quantitative estimate of drug-likeness (QED) is 0.767. The highest BCUT2D eigenvalue weighted by Crippen LogP contribution is 2.25. The van der Waals surface area contributed by atoms with Crippen molar-refractivity contribution >= 4 is 11.5 Å². The molecule has 1 aromatic carbocycles. The van der Waals surface area contributed by atoms with Crippen LogP contribution in [0, 0.1) is 0 Å². The van der Waals surface area contributed by atoms with Crippen molar-refractivity contribution in [1.82, 2.24) is 4.90 Å².